The van der Waals surface area contributed by atoms with Crippen LogP contribution in [0.25, 0.3) is 5.69 Å². The van der Waals surface area contributed by atoms with Crippen molar-refractivity contribution in [1.29, 1.82) is 0 Å². The summed E-state index contributed by atoms with van der Waals surface area (Å²) in [5.41, 5.74) is 2.22. The lowest BCUT2D eigenvalue weighted by Crippen LogP contribution is -2.35. The number of hydrogen-bond acceptors (Lipinski definition) is 10. The van der Waals surface area contributed by atoms with Gasteiger partial charge in [-0.05, 0) is 18.6 Å². The van der Waals surface area contributed by atoms with E-state index in [1.165, 1.54) is 31.0 Å². The van der Waals surface area contributed by atoms with Gasteiger partial charge >= 0.3 is 5.97 Å². The van der Waals surface area contributed by atoms with Gasteiger partial charge in [0.2, 0.25) is 0 Å². The second kappa shape index (κ2) is 11.6. The summed E-state index contributed by atoms with van der Waals surface area (Å²) in [6, 6.07) is 11.3. The van der Waals surface area contributed by atoms with Crippen LogP contribution in [0, 0.1) is 10.1 Å². The first kappa shape index (κ1) is 26.3. The number of aliphatic imine (C=N–C) groups is 1. The maximum atomic E-state index is 12.0. The van der Waals surface area contributed by atoms with Gasteiger partial charge in [-0.2, -0.15) is 0 Å². The van der Waals surface area contributed by atoms with Crippen molar-refractivity contribution >= 4 is 40.7 Å². The highest BCUT2D eigenvalue weighted by Gasteiger charge is 2.31. The topological polar surface area (TPSA) is 125 Å². The molecule has 3 aromatic rings. The lowest BCUT2D eigenvalue weighted by atomic mass is 9.99. The number of morpholine rings is 1. The number of hydrogen-bond donors (Lipinski definition) is 0. The molecule has 1 atom stereocenters. The van der Waals surface area contributed by atoms with E-state index in [2.05, 4.69) is 15.1 Å². The molecule has 1 saturated heterocycles. The molecular formula is C25H25ClN6O5S. The summed E-state index contributed by atoms with van der Waals surface area (Å²) in [4.78, 5) is 30.6. The van der Waals surface area contributed by atoms with Gasteiger partial charge in [-0.1, -0.05) is 41.6 Å². The molecule has 5 rings (SSSR count). The lowest BCUT2D eigenvalue weighted by molar-refractivity contribution is -0.384. The largest absolute Gasteiger partial charge is 0.469 e. The van der Waals surface area contributed by atoms with Crippen molar-refractivity contribution < 1.29 is 19.2 Å². The maximum absolute atomic E-state index is 12.0. The van der Waals surface area contributed by atoms with Crippen molar-refractivity contribution in [2.75, 3.05) is 39.3 Å². The number of esters is 1. The van der Waals surface area contributed by atoms with Crippen molar-refractivity contribution in [2.45, 2.75) is 24.0 Å². The summed E-state index contributed by atoms with van der Waals surface area (Å²) < 4.78 is 12.2. The smallest absolute Gasteiger partial charge is 0.305 e. The SMILES string of the molecule is COC(=O)CC[C@@H]1N=C(c2ccccc2Cl)c2cc([N+](=O)[O-])ccc2-n2c(SCN3CCOCC3)nnc21. The van der Waals surface area contributed by atoms with Crippen LogP contribution in [0.5, 0.6) is 0 Å². The van der Waals surface area contributed by atoms with E-state index in [0.717, 1.165) is 13.1 Å². The number of ether oxygens (including phenoxy) is 2. The van der Waals surface area contributed by atoms with Crippen molar-refractivity contribution in [2.24, 2.45) is 4.99 Å². The third-order valence-electron chi connectivity index (χ3n) is 6.39. The molecule has 1 aromatic heterocycles. The molecule has 3 heterocycles. The van der Waals surface area contributed by atoms with Gasteiger partial charge in [0.1, 0.15) is 6.04 Å². The van der Waals surface area contributed by atoms with E-state index in [1.807, 2.05) is 22.8 Å². The van der Waals surface area contributed by atoms with Gasteiger partial charge < -0.3 is 9.47 Å². The fraction of sp³-hybridized carbons (Fsp3) is 0.360. The van der Waals surface area contributed by atoms with Crippen molar-refractivity contribution in [1.82, 2.24) is 19.7 Å². The van der Waals surface area contributed by atoms with Crippen LogP contribution in [0.3, 0.4) is 0 Å². The van der Waals surface area contributed by atoms with Crippen LogP contribution in [-0.4, -0.2) is 75.6 Å². The van der Waals surface area contributed by atoms with E-state index in [9.17, 15) is 14.9 Å². The van der Waals surface area contributed by atoms with Crippen LogP contribution >= 0.6 is 23.4 Å². The minimum atomic E-state index is -0.572. The summed E-state index contributed by atoms with van der Waals surface area (Å²) in [7, 11) is 1.34. The number of methoxy groups -OCH3 is 1. The first-order chi connectivity index (χ1) is 18.5. The van der Waals surface area contributed by atoms with Crippen LogP contribution in [0.4, 0.5) is 5.69 Å². The normalized spacial score (nSPS) is 17.2. The van der Waals surface area contributed by atoms with E-state index in [4.69, 9.17) is 26.1 Å². The van der Waals surface area contributed by atoms with E-state index in [-0.39, 0.29) is 18.1 Å². The molecule has 0 N–H and O–H groups in total. The quantitative estimate of drug-likeness (QED) is 0.175. The average Bonchev–Trinajstić information content (AvgIpc) is 3.30. The highest BCUT2D eigenvalue weighted by molar-refractivity contribution is 7.99. The molecule has 0 spiro atoms. The molecule has 11 nitrogen and oxygen atoms in total. The zero-order chi connectivity index (χ0) is 26.6. The number of nitrogens with zero attached hydrogens (tertiary/aromatic N) is 6. The number of rotatable bonds is 8. The Morgan fingerprint density at radius 1 is 1.21 bits per heavy atom. The average molecular weight is 557 g/mol. The molecule has 0 saturated carbocycles. The second-order valence-corrected chi connectivity index (χ2v) is 10.0. The van der Waals surface area contributed by atoms with Crippen LogP contribution < -0.4 is 0 Å². The van der Waals surface area contributed by atoms with Crippen LogP contribution in [0.1, 0.15) is 35.8 Å². The lowest BCUT2D eigenvalue weighted by Gasteiger charge is -2.25. The fourth-order valence-corrected chi connectivity index (χ4v) is 5.62. The van der Waals surface area contributed by atoms with Gasteiger partial charge in [-0.25, -0.2) is 0 Å². The molecule has 38 heavy (non-hydrogen) atoms. The van der Waals surface area contributed by atoms with Crippen LogP contribution in [0.2, 0.25) is 5.02 Å². The summed E-state index contributed by atoms with van der Waals surface area (Å²) in [6.45, 7) is 2.99. The number of non-ortho nitro benzene ring substituents is 1. The second-order valence-electron chi connectivity index (χ2n) is 8.73. The number of fused-ring (bicyclic) bond motifs is 3. The van der Waals surface area contributed by atoms with E-state index in [0.29, 0.717) is 64.0 Å². The summed E-state index contributed by atoms with van der Waals surface area (Å²) >= 11 is 8.11. The Morgan fingerprint density at radius 3 is 2.74 bits per heavy atom. The zero-order valence-electron chi connectivity index (χ0n) is 20.6. The number of thioether (sulfide) groups is 1. The first-order valence-electron chi connectivity index (χ1n) is 12.0. The number of nitro groups is 1. The van der Waals surface area contributed by atoms with Gasteiger partial charge in [0.25, 0.3) is 5.69 Å². The van der Waals surface area contributed by atoms with Crippen molar-refractivity contribution in [3.8, 4) is 5.69 Å². The maximum Gasteiger partial charge on any atom is 0.305 e. The molecule has 2 aromatic carbocycles. The van der Waals surface area contributed by atoms with E-state index < -0.39 is 11.0 Å². The number of aromatic nitrogens is 3. The molecule has 0 aliphatic carbocycles. The molecule has 0 bridgehead atoms. The Hall–Kier alpha value is -3.32. The first-order valence-corrected chi connectivity index (χ1v) is 13.4. The minimum absolute atomic E-state index is 0.0753. The fourth-order valence-electron chi connectivity index (χ4n) is 4.42. The molecule has 0 unspecified atom stereocenters. The van der Waals surface area contributed by atoms with Gasteiger partial charge in [0.15, 0.2) is 11.0 Å². The Kier molecular flexibility index (Phi) is 8.03. The number of carbonyl (C=O) groups is 1. The molecule has 0 amide bonds. The Labute approximate surface area is 227 Å². The van der Waals surface area contributed by atoms with Gasteiger partial charge in [0, 0.05) is 47.8 Å². The highest BCUT2D eigenvalue weighted by Crippen LogP contribution is 2.38. The Bertz CT molecular complexity index is 1390. The van der Waals surface area contributed by atoms with Crippen LogP contribution in [0.15, 0.2) is 52.6 Å². The van der Waals surface area contributed by atoms with E-state index in [1.54, 1.807) is 12.1 Å². The molecular weight excluding hydrogens is 532 g/mol. The standard InChI is InChI=1S/C25H25ClN6O5S/c1-36-22(33)9-7-20-24-28-29-25(38-15-30-10-12-37-13-11-30)31(24)21-8-6-16(32(34)35)14-18(21)23(27-20)17-4-2-3-5-19(17)26/h2-6,8,14,20H,7,9-13,15H2,1H3/t20-/m0/s1. The van der Waals surface area contributed by atoms with Gasteiger partial charge in [0.05, 0.1) is 42.5 Å². The third kappa shape index (κ3) is 5.44. The molecule has 2 aliphatic rings. The number of nitro benzene ring substituents is 1. The molecule has 0 radical (unpaired) electrons. The van der Waals surface area contributed by atoms with Gasteiger partial charge in [-0.3, -0.25) is 29.4 Å². The summed E-state index contributed by atoms with van der Waals surface area (Å²) in [6.07, 6.45) is 0.420. The molecule has 2 aliphatic heterocycles. The number of carbonyl (C=O) groups excluding carboxylic acids is 1. The summed E-state index contributed by atoms with van der Waals surface area (Å²) in [5.74, 6) is 0.843. The molecule has 1 fully saturated rings. The minimum Gasteiger partial charge on any atom is -0.469 e. The third-order valence-corrected chi connectivity index (χ3v) is 7.73. The number of benzene rings is 2. The molecule has 198 valence electrons. The Morgan fingerprint density at radius 2 is 2.00 bits per heavy atom. The summed E-state index contributed by atoms with van der Waals surface area (Å²) in [5, 5.41) is 21.8. The highest BCUT2D eigenvalue weighted by atomic mass is 35.5. The van der Waals surface area contributed by atoms with Crippen molar-refractivity contribution in [3.63, 3.8) is 0 Å². The van der Waals surface area contributed by atoms with Gasteiger partial charge in [-0.15, -0.1) is 10.2 Å². The zero-order valence-corrected chi connectivity index (χ0v) is 22.2. The predicted octanol–water partition coefficient (Wildman–Crippen LogP) is 4.06. The van der Waals surface area contributed by atoms with Crippen LogP contribution in [-0.2, 0) is 14.3 Å². The van der Waals surface area contributed by atoms with E-state index >= 15 is 0 Å². The molecule has 13 heteroatoms. The number of halogens is 1. The Balaban J connectivity index is 1.65. The monoisotopic (exact) mass is 556 g/mol. The van der Waals surface area contributed by atoms with Crippen molar-refractivity contribution in [3.05, 3.63) is 74.6 Å². The predicted molar refractivity (Wildman–Crippen MR) is 142 cm³/mol.